The molecular weight excluding hydrogens is 224 g/mol. The second kappa shape index (κ2) is 5.16. The summed E-state index contributed by atoms with van der Waals surface area (Å²) in [6.07, 6.45) is 2.19. The summed E-state index contributed by atoms with van der Waals surface area (Å²) in [6, 6.07) is 0.650. The lowest BCUT2D eigenvalue weighted by Crippen LogP contribution is -2.30. The molecule has 0 amide bonds. The standard InChI is InChI=1S/C10H18N4OS/c1-7-12-13-10(14(7)2)16-6-9(15)5-11-8-3-4-8/h8-9,11,15H,3-6H2,1-2H3. The highest BCUT2D eigenvalue weighted by atomic mass is 32.2. The Kier molecular flexibility index (Phi) is 3.83. The molecule has 0 spiro atoms. The van der Waals surface area contributed by atoms with E-state index >= 15 is 0 Å². The smallest absolute Gasteiger partial charge is 0.191 e. The lowest BCUT2D eigenvalue weighted by atomic mass is 10.4. The molecular formula is C10H18N4OS. The molecule has 1 aromatic heterocycles. The summed E-state index contributed by atoms with van der Waals surface area (Å²) in [5, 5.41) is 21.9. The van der Waals surface area contributed by atoms with Crippen molar-refractivity contribution in [3.05, 3.63) is 5.82 Å². The SMILES string of the molecule is Cc1nnc(SCC(O)CNC2CC2)n1C. The van der Waals surface area contributed by atoms with Gasteiger partial charge in [0, 0.05) is 25.4 Å². The molecule has 1 unspecified atom stereocenters. The van der Waals surface area contributed by atoms with Gasteiger partial charge in [0.2, 0.25) is 0 Å². The van der Waals surface area contributed by atoms with E-state index in [9.17, 15) is 5.11 Å². The average molecular weight is 242 g/mol. The first-order valence-corrected chi connectivity index (χ1v) is 6.55. The van der Waals surface area contributed by atoms with Gasteiger partial charge in [0.05, 0.1) is 6.10 Å². The van der Waals surface area contributed by atoms with Crippen molar-refractivity contribution in [3.63, 3.8) is 0 Å². The minimum absolute atomic E-state index is 0.317. The molecule has 1 aliphatic carbocycles. The minimum atomic E-state index is -0.317. The summed E-state index contributed by atoms with van der Waals surface area (Å²) < 4.78 is 1.94. The van der Waals surface area contributed by atoms with E-state index in [-0.39, 0.29) is 6.10 Å². The van der Waals surface area contributed by atoms with E-state index in [0.29, 0.717) is 18.3 Å². The first-order valence-electron chi connectivity index (χ1n) is 5.57. The summed E-state index contributed by atoms with van der Waals surface area (Å²) in [5.74, 6) is 1.55. The minimum Gasteiger partial charge on any atom is -0.391 e. The molecule has 2 N–H and O–H groups in total. The van der Waals surface area contributed by atoms with Crippen LogP contribution in [-0.4, -0.2) is 44.3 Å². The summed E-state index contributed by atoms with van der Waals surface area (Å²) in [7, 11) is 1.94. The van der Waals surface area contributed by atoms with Crippen LogP contribution in [0.4, 0.5) is 0 Å². The van der Waals surface area contributed by atoms with Crippen LogP contribution in [0.5, 0.6) is 0 Å². The Balaban J connectivity index is 1.71. The van der Waals surface area contributed by atoms with Gasteiger partial charge in [-0.3, -0.25) is 0 Å². The van der Waals surface area contributed by atoms with E-state index in [2.05, 4.69) is 15.5 Å². The van der Waals surface area contributed by atoms with Crippen LogP contribution < -0.4 is 5.32 Å². The first-order chi connectivity index (χ1) is 7.66. The number of thioether (sulfide) groups is 1. The quantitative estimate of drug-likeness (QED) is 0.704. The normalized spacial score (nSPS) is 17.7. The zero-order chi connectivity index (χ0) is 11.5. The van der Waals surface area contributed by atoms with Crippen LogP contribution in [0.2, 0.25) is 0 Å². The number of aromatic nitrogens is 3. The fraction of sp³-hybridized carbons (Fsp3) is 0.800. The maximum absolute atomic E-state index is 9.74. The number of nitrogens with one attached hydrogen (secondary N) is 1. The highest BCUT2D eigenvalue weighted by molar-refractivity contribution is 7.99. The maximum Gasteiger partial charge on any atom is 0.191 e. The van der Waals surface area contributed by atoms with E-state index in [4.69, 9.17) is 0 Å². The fourth-order valence-electron chi connectivity index (χ4n) is 1.33. The number of aliphatic hydroxyl groups is 1. The van der Waals surface area contributed by atoms with Crippen molar-refractivity contribution in [2.24, 2.45) is 7.05 Å². The Labute approximate surface area is 99.6 Å². The van der Waals surface area contributed by atoms with E-state index in [1.165, 1.54) is 12.8 Å². The average Bonchev–Trinajstić information content (AvgIpc) is 3.04. The van der Waals surface area contributed by atoms with Crippen LogP contribution in [0.15, 0.2) is 5.16 Å². The highest BCUT2D eigenvalue weighted by Gasteiger charge is 2.21. The van der Waals surface area contributed by atoms with Crippen LogP contribution in [0, 0.1) is 6.92 Å². The van der Waals surface area contributed by atoms with Crippen LogP contribution >= 0.6 is 11.8 Å². The van der Waals surface area contributed by atoms with E-state index in [0.717, 1.165) is 11.0 Å². The number of nitrogens with zero attached hydrogens (tertiary/aromatic N) is 3. The third-order valence-electron chi connectivity index (χ3n) is 2.68. The fourth-order valence-corrected chi connectivity index (χ4v) is 2.22. The van der Waals surface area contributed by atoms with E-state index < -0.39 is 0 Å². The van der Waals surface area contributed by atoms with Gasteiger partial charge < -0.3 is 15.0 Å². The Morgan fingerprint density at radius 3 is 2.88 bits per heavy atom. The zero-order valence-corrected chi connectivity index (χ0v) is 10.5. The Morgan fingerprint density at radius 1 is 1.56 bits per heavy atom. The lowest BCUT2D eigenvalue weighted by Gasteiger charge is -2.10. The number of hydrogen-bond donors (Lipinski definition) is 2. The summed E-state index contributed by atoms with van der Waals surface area (Å²) in [4.78, 5) is 0. The number of aliphatic hydroxyl groups excluding tert-OH is 1. The Hall–Kier alpha value is -0.590. The highest BCUT2D eigenvalue weighted by Crippen LogP contribution is 2.19. The van der Waals surface area contributed by atoms with Crippen LogP contribution in [0.3, 0.4) is 0 Å². The summed E-state index contributed by atoms with van der Waals surface area (Å²) >= 11 is 1.55. The molecule has 1 saturated carbocycles. The Bertz CT molecular complexity index is 351. The molecule has 0 radical (unpaired) electrons. The van der Waals surface area contributed by atoms with E-state index in [1.54, 1.807) is 11.8 Å². The van der Waals surface area contributed by atoms with Crippen molar-refractivity contribution in [1.82, 2.24) is 20.1 Å². The molecule has 0 aliphatic heterocycles. The number of aryl methyl sites for hydroxylation is 1. The van der Waals surface area contributed by atoms with Gasteiger partial charge in [-0.05, 0) is 19.8 Å². The molecule has 5 nitrogen and oxygen atoms in total. The number of hydrogen-bond acceptors (Lipinski definition) is 5. The zero-order valence-electron chi connectivity index (χ0n) is 9.68. The van der Waals surface area contributed by atoms with Crippen molar-refractivity contribution in [2.45, 2.75) is 37.1 Å². The molecule has 1 aliphatic rings. The maximum atomic E-state index is 9.74. The topological polar surface area (TPSA) is 63.0 Å². The second-order valence-electron chi connectivity index (χ2n) is 4.24. The second-order valence-corrected chi connectivity index (χ2v) is 5.22. The van der Waals surface area contributed by atoms with Gasteiger partial charge >= 0.3 is 0 Å². The van der Waals surface area contributed by atoms with Crippen molar-refractivity contribution >= 4 is 11.8 Å². The molecule has 0 bridgehead atoms. The van der Waals surface area contributed by atoms with Gasteiger partial charge in [0.15, 0.2) is 5.16 Å². The summed E-state index contributed by atoms with van der Waals surface area (Å²) in [5.41, 5.74) is 0. The van der Waals surface area contributed by atoms with Gasteiger partial charge in [0.1, 0.15) is 5.82 Å². The van der Waals surface area contributed by atoms with E-state index in [1.807, 2.05) is 18.5 Å². The van der Waals surface area contributed by atoms with Crippen LogP contribution in [0.1, 0.15) is 18.7 Å². The molecule has 0 aromatic carbocycles. The predicted octanol–water partition coefficient (Wildman–Crippen LogP) is 0.329. The van der Waals surface area contributed by atoms with Crippen molar-refractivity contribution in [2.75, 3.05) is 12.3 Å². The van der Waals surface area contributed by atoms with Crippen molar-refractivity contribution in [3.8, 4) is 0 Å². The molecule has 1 fully saturated rings. The molecule has 6 heteroatoms. The molecule has 1 aromatic rings. The largest absolute Gasteiger partial charge is 0.391 e. The van der Waals surface area contributed by atoms with Gasteiger partial charge in [-0.2, -0.15) is 0 Å². The predicted molar refractivity (Wildman–Crippen MR) is 63.5 cm³/mol. The molecule has 1 atom stereocenters. The lowest BCUT2D eigenvalue weighted by molar-refractivity contribution is 0.195. The van der Waals surface area contributed by atoms with Gasteiger partial charge in [-0.25, -0.2) is 0 Å². The third kappa shape index (κ3) is 3.20. The third-order valence-corrected chi connectivity index (χ3v) is 3.84. The van der Waals surface area contributed by atoms with Crippen LogP contribution in [-0.2, 0) is 7.05 Å². The summed E-state index contributed by atoms with van der Waals surface area (Å²) in [6.45, 7) is 2.59. The van der Waals surface area contributed by atoms with Gasteiger partial charge in [0.25, 0.3) is 0 Å². The van der Waals surface area contributed by atoms with Crippen LogP contribution in [0.25, 0.3) is 0 Å². The molecule has 90 valence electrons. The first kappa shape index (κ1) is 11.9. The van der Waals surface area contributed by atoms with Gasteiger partial charge in [-0.15, -0.1) is 10.2 Å². The van der Waals surface area contributed by atoms with Crippen molar-refractivity contribution < 1.29 is 5.11 Å². The molecule has 2 rings (SSSR count). The number of rotatable bonds is 6. The molecule has 0 saturated heterocycles. The van der Waals surface area contributed by atoms with Crippen molar-refractivity contribution in [1.29, 1.82) is 0 Å². The Morgan fingerprint density at radius 2 is 2.31 bits per heavy atom. The monoisotopic (exact) mass is 242 g/mol. The molecule has 16 heavy (non-hydrogen) atoms. The van der Waals surface area contributed by atoms with Gasteiger partial charge in [-0.1, -0.05) is 11.8 Å². The molecule has 1 heterocycles.